The largest absolute Gasteiger partial charge is 0.467 e. The van der Waals surface area contributed by atoms with Crippen LogP contribution in [-0.4, -0.2) is 81.3 Å². The Balaban J connectivity index is 0.000000161. The molecule has 6 atom stereocenters. The number of nitrogens with zero attached hydrogens (tertiary/aromatic N) is 2. The SMILES string of the molecule is COC(=O)[C@@]12C=C[C@H](O)[C@@H]1C(=O)N2Cc1ccccc1.COC(=O)[C@]12C=C[C@@H](O)[C@H]1C(=O)N2Cc1ccccc1. The first-order valence-corrected chi connectivity index (χ1v) is 12.8. The second-order valence-electron chi connectivity index (χ2n) is 10.1. The standard InChI is InChI=1S/2C15H15NO4/c2*1-20-14(19)15-8-7-11(17)12(15)13(18)16(15)9-10-5-3-2-4-6-10/h2*2-8,11-12,17H,9H2,1H3/t2*11-,12+,15+/m10/s1. The Morgan fingerprint density at radius 3 is 1.38 bits per heavy atom. The van der Waals surface area contributed by atoms with E-state index in [1.54, 1.807) is 12.2 Å². The highest BCUT2D eigenvalue weighted by molar-refractivity contribution is 6.05. The Hall–Kier alpha value is -4.28. The van der Waals surface area contributed by atoms with Gasteiger partial charge in [-0.2, -0.15) is 0 Å². The number of ether oxygens (including phenoxy) is 2. The van der Waals surface area contributed by atoms with Gasteiger partial charge in [-0.3, -0.25) is 9.59 Å². The van der Waals surface area contributed by atoms with Gasteiger partial charge < -0.3 is 29.5 Å². The lowest BCUT2D eigenvalue weighted by Crippen LogP contribution is -2.73. The van der Waals surface area contributed by atoms with E-state index in [9.17, 15) is 29.4 Å². The van der Waals surface area contributed by atoms with E-state index in [1.807, 2.05) is 60.7 Å². The fourth-order valence-electron chi connectivity index (χ4n) is 6.08. The van der Waals surface area contributed by atoms with Crippen molar-refractivity contribution in [2.75, 3.05) is 14.2 Å². The van der Waals surface area contributed by atoms with Gasteiger partial charge in [-0.1, -0.05) is 72.8 Å². The lowest BCUT2D eigenvalue weighted by Gasteiger charge is -2.52. The van der Waals surface area contributed by atoms with Crippen LogP contribution in [0.5, 0.6) is 0 Å². The number of aliphatic hydroxyl groups excluding tert-OH is 2. The quantitative estimate of drug-likeness (QED) is 0.311. The summed E-state index contributed by atoms with van der Waals surface area (Å²) in [5.74, 6) is -2.97. The first-order chi connectivity index (χ1) is 19.2. The molecule has 2 saturated heterocycles. The molecule has 208 valence electrons. The fourth-order valence-corrected chi connectivity index (χ4v) is 6.08. The number of fused-ring (bicyclic) bond motifs is 2. The summed E-state index contributed by atoms with van der Waals surface area (Å²) < 4.78 is 9.66. The number of esters is 2. The van der Waals surface area contributed by atoms with Gasteiger partial charge in [0, 0.05) is 13.1 Å². The van der Waals surface area contributed by atoms with Gasteiger partial charge in [0.1, 0.15) is 11.8 Å². The number of aliphatic hydroxyl groups is 2. The van der Waals surface area contributed by atoms with Crippen molar-refractivity contribution in [3.05, 3.63) is 96.1 Å². The van der Waals surface area contributed by atoms with E-state index in [4.69, 9.17) is 9.47 Å². The molecule has 2 aliphatic carbocycles. The Morgan fingerprint density at radius 1 is 0.700 bits per heavy atom. The van der Waals surface area contributed by atoms with Crippen molar-refractivity contribution in [1.29, 1.82) is 0 Å². The Bertz CT molecular complexity index is 1270. The number of carbonyl (C=O) groups is 4. The molecule has 0 bridgehead atoms. The van der Waals surface area contributed by atoms with E-state index in [2.05, 4.69) is 0 Å². The smallest absolute Gasteiger partial charge is 0.336 e. The molecule has 2 aliphatic heterocycles. The number of hydrogen-bond donors (Lipinski definition) is 2. The molecule has 2 aromatic carbocycles. The fraction of sp³-hybridized carbons (Fsp3) is 0.333. The van der Waals surface area contributed by atoms with Crippen molar-refractivity contribution in [2.24, 2.45) is 11.8 Å². The molecule has 0 unspecified atom stereocenters. The van der Waals surface area contributed by atoms with Gasteiger partial charge in [-0.25, -0.2) is 9.59 Å². The molecule has 4 aliphatic rings. The maximum Gasteiger partial charge on any atom is 0.336 e. The number of rotatable bonds is 6. The number of amides is 2. The Kier molecular flexibility index (Phi) is 7.07. The minimum Gasteiger partial charge on any atom is -0.467 e. The molecule has 2 aromatic rings. The molecule has 0 saturated carbocycles. The molecule has 10 heteroatoms. The maximum absolute atomic E-state index is 12.2. The highest BCUT2D eigenvalue weighted by Crippen LogP contribution is 2.48. The number of carbonyl (C=O) groups excluding carboxylic acids is 4. The number of methoxy groups -OCH3 is 2. The average molecular weight is 547 g/mol. The highest BCUT2D eigenvalue weighted by Gasteiger charge is 2.69. The van der Waals surface area contributed by atoms with Crippen molar-refractivity contribution in [3.63, 3.8) is 0 Å². The van der Waals surface area contributed by atoms with Crippen molar-refractivity contribution in [3.8, 4) is 0 Å². The monoisotopic (exact) mass is 546 g/mol. The summed E-state index contributed by atoms with van der Waals surface area (Å²) in [6.45, 7) is 0.644. The van der Waals surface area contributed by atoms with Crippen LogP contribution in [0.1, 0.15) is 11.1 Å². The van der Waals surface area contributed by atoms with Crippen LogP contribution in [0.3, 0.4) is 0 Å². The normalized spacial score (nSPS) is 30.9. The average Bonchev–Trinajstić information content (AvgIpc) is 3.47. The van der Waals surface area contributed by atoms with Crippen LogP contribution in [0.15, 0.2) is 85.0 Å². The zero-order valence-corrected chi connectivity index (χ0v) is 22.0. The Morgan fingerprint density at radius 2 is 1.05 bits per heavy atom. The van der Waals surface area contributed by atoms with E-state index in [0.717, 1.165) is 11.1 Å². The number of likely N-dealkylation sites (tertiary alicyclic amines) is 2. The van der Waals surface area contributed by atoms with Crippen LogP contribution < -0.4 is 0 Å². The van der Waals surface area contributed by atoms with Gasteiger partial charge in [0.25, 0.3) is 0 Å². The molecule has 6 rings (SSSR count). The maximum atomic E-state index is 12.2. The summed E-state index contributed by atoms with van der Waals surface area (Å²) in [4.78, 5) is 51.6. The zero-order chi connectivity index (χ0) is 28.7. The van der Waals surface area contributed by atoms with E-state index >= 15 is 0 Å². The first kappa shape index (κ1) is 27.3. The lowest BCUT2D eigenvalue weighted by molar-refractivity contribution is -0.188. The first-order valence-electron chi connectivity index (χ1n) is 12.8. The minimum atomic E-state index is -1.15. The van der Waals surface area contributed by atoms with Gasteiger partial charge in [-0.05, 0) is 23.3 Å². The third-order valence-corrected chi connectivity index (χ3v) is 8.08. The molecule has 0 aromatic heterocycles. The zero-order valence-electron chi connectivity index (χ0n) is 22.0. The van der Waals surface area contributed by atoms with Crippen molar-refractivity contribution in [1.82, 2.24) is 9.80 Å². The van der Waals surface area contributed by atoms with E-state index in [-0.39, 0.29) is 11.8 Å². The van der Waals surface area contributed by atoms with Crippen LogP contribution in [0, 0.1) is 11.8 Å². The van der Waals surface area contributed by atoms with Crippen LogP contribution in [0.25, 0.3) is 0 Å². The number of benzene rings is 2. The predicted octanol–water partition coefficient (Wildman–Crippen LogP) is 0.975. The van der Waals surface area contributed by atoms with Crippen LogP contribution >= 0.6 is 0 Å². The third kappa shape index (κ3) is 3.94. The summed E-state index contributed by atoms with van der Waals surface area (Å²) in [7, 11) is 2.58. The molecule has 0 spiro atoms. The molecule has 2 N–H and O–H groups in total. The topological polar surface area (TPSA) is 134 Å². The molecule has 2 fully saturated rings. The van der Waals surface area contributed by atoms with E-state index in [1.165, 1.54) is 36.2 Å². The van der Waals surface area contributed by atoms with Crippen molar-refractivity contribution in [2.45, 2.75) is 36.4 Å². The van der Waals surface area contributed by atoms with Crippen molar-refractivity contribution < 1.29 is 38.9 Å². The van der Waals surface area contributed by atoms with Gasteiger partial charge in [0.2, 0.25) is 11.8 Å². The molecular formula is C30H30N2O8. The molecule has 40 heavy (non-hydrogen) atoms. The third-order valence-electron chi connectivity index (χ3n) is 8.08. The molecule has 10 nitrogen and oxygen atoms in total. The van der Waals surface area contributed by atoms with Gasteiger partial charge in [-0.15, -0.1) is 0 Å². The summed E-state index contributed by atoms with van der Waals surface area (Å²) >= 11 is 0. The molecule has 2 amide bonds. The number of β-lactam (4-membered cyclic amide) rings is 2. The summed E-state index contributed by atoms with van der Waals surface area (Å²) in [6.07, 6.45) is 4.30. The van der Waals surface area contributed by atoms with E-state index < -0.39 is 47.1 Å². The van der Waals surface area contributed by atoms with Crippen LogP contribution in [0.4, 0.5) is 0 Å². The van der Waals surface area contributed by atoms with Gasteiger partial charge in [0.15, 0.2) is 11.1 Å². The van der Waals surface area contributed by atoms with Crippen LogP contribution in [0.2, 0.25) is 0 Å². The minimum absolute atomic E-state index is 0.225. The van der Waals surface area contributed by atoms with E-state index in [0.29, 0.717) is 13.1 Å². The number of hydrogen-bond acceptors (Lipinski definition) is 8. The van der Waals surface area contributed by atoms with Crippen LogP contribution in [-0.2, 0) is 41.7 Å². The molecule has 2 heterocycles. The Labute approximate surface area is 231 Å². The molecule has 0 radical (unpaired) electrons. The summed E-state index contributed by atoms with van der Waals surface area (Å²) in [5, 5.41) is 19.7. The summed E-state index contributed by atoms with van der Waals surface area (Å²) in [5.41, 5.74) is -0.447. The second-order valence-corrected chi connectivity index (χ2v) is 10.1. The van der Waals surface area contributed by atoms with Crippen molar-refractivity contribution >= 4 is 23.8 Å². The molecular weight excluding hydrogens is 516 g/mol. The predicted molar refractivity (Wildman–Crippen MR) is 141 cm³/mol. The van der Waals surface area contributed by atoms with Gasteiger partial charge in [0.05, 0.1) is 26.4 Å². The second kappa shape index (κ2) is 10.4. The van der Waals surface area contributed by atoms with Gasteiger partial charge >= 0.3 is 11.9 Å². The highest BCUT2D eigenvalue weighted by atomic mass is 16.5. The summed E-state index contributed by atoms with van der Waals surface area (Å²) in [6, 6.07) is 18.8. The lowest BCUT2D eigenvalue weighted by atomic mass is 9.74.